The normalized spacial score (nSPS) is 21.6. The van der Waals surface area contributed by atoms with E-state index in [0.717, 1.165) is 19.0 Å². The van der Waals surface area contributed by atoms with Crippen LogP contribution in [0.1, 0.15) is 26.2 Å². The molecule has 0 spiro atoms. The van der Waals surface area contributed by atoms with Crippen molar-refractivity contribution in [2.75, 3.05) is 32.0 Å². The van der Waals surface area contributed by atoms with Crippen LogP contribution in [0.3, 0.4) is 0 Å². The van der Waals surface area contributed by atoms with Gasteiger partial charge in [0.15, 0.2) is 0 Å². The molecule has 0 bridgehead atoms. The zero-order valence-corrected chi connectivity index (χ0v) is 12.3. The Morgan fingerprint density at radius 2 is 2.25 bits per heavy atom. The van der Waals surface area contributed by atoms with Crippen LogP contribution in [0.2, 0.25) is 0 Å². The molecule has 2 unspecified atom stereocenters. The number of piperidine rings is 1. The van der Waals surface area contributed by atoms with Crippen LogP contribution in [-0.2, 0) is 0 Å². The second-order valence-electron chi connectivity index (χ2n) is 5.68. The van der Waals surface area contributed by atoms with Crippen molar-refractivity contribution in [1.29, 1.82) is 0 Å². The number of rotatable bonds is 6. The summed E-state index contributed by atoms with van der Waals surface area (Å²) in [4.78, 5) is 2.35. The number of hydrogen-bond acceptors (Lipinski definition) is 4. The van der Waals surface area contributed by atoms with Gasteiger partial charge in [0.25, 0.3) is 0 Å². The van der Waals surface area contributed by atoms with Crippen molar-refractivity contribution >= 4 is 5.69 Å². The smallest absolute Gasteiger partial charge is 0.142 e. The third kappa shape index (κ3) is 4.39. The van der Waals surface area contributed by atoms with Gasteiger partial charge in [-0.05, 0) is 37.4 Å². The number of nitrogens with zero attached hydrogens (tertiary/aromatic N) is 1. The third-order valence-corrected chi connectivity index (χ3v) is 4.00. The average molecular weight is 278 g/mol. The molecule has 2 rings (SSSR count). The van der Waals surface area contributed by atoms with E-state index in [4.69, 9.17) is 10.5 Å². The molecule has 3 N–H and O–H groups in total. The van der Waals surface area contributed by atoms with Crippen LogP contribution in [0, 0.1) is 5.92 Å². The number of aliphatic hydroxyl groups excluding tert-OH is 1. The van der Waals surface area contributed by atoms with Gasteiger partial charge in [-0.3, -0.25) is 0 Å². The molecule has 1 aliphatic heterocycles. The Bertz CT molecular complexity index is 411. The Morgan fingerprint density at radius 1 is 1.45 bits per heavy atom. The molecule has 4 heteroatoms. The highest BCUT2D eigenvalue weighted by Gasteiger charge is 2.20. The maximum Gasteiger partial charge on any atom is 0.142 e. The molecule has 20 heavy (non-hydrogen) atoms. The number of ether oxygens (including phenoxy) is 1. The Balaban J connectivity index is 1.75. The number of β-amino-alcohol motifs (C(OH)–C–C–N with tert-alkyl or cyclic N) is 1. The second kappa shape index (κ2) is 7.50. The highest BCUT2D eigenvalue weighted by molar-refractivity contribution is 5.51. The SMILES string of the molecule is CCC1CCCN(CC(O)COc2ccccc2N)C1. The molecule has 0 aromatic heterocycles. The number of anilines is 1. The third-order valence-electron chi connectivity index (χ3n) is 4.00. The number of para-hydroxylation sites is 2. The van der Waals surface area contributed by atoms with Crippen molar-refractivity contribution in [3.05, 3.63) is 24.3 Å². The summed E-state index contributed by atoms with van der Waals surface area (Å²) in [5.74, 6) is 1.43. The van der Waals surface area contributed by atoms with E-state index < -0.39 is 6.10 Å². The largest absolute Gasteiger partial charge is 0.489 e. The van der Waals surface area contributed by atoms with Crippen molar-refractivity contribution in [3.8, 4) is 5.75 Å². The van der Waals surface area contributed by atoms with E-state index in [1.165, 1.54) is 19.3 Å². The summed E-state index contributed by atoms with van der Waals surface area (Å²) in [7, 11) is 0. The van der Waals surface area contributed by atoms with E-state index in [0.29, 0.717) is 24.6 Å². The van der Waals surface area contributed by atoms with E-state index in [-0.39, 0.29) is 0 Å². The standard InChI is InChI=1S/C16H26N2O2/c1-2-13-6-5-9-18(10-13)11-14(19)12-20-16-8-4-3-7-15(16)17/h3-4,7-8,13-14,19H,2,5-6,9-12,17H2,1H3. The molecule has 1 aromatic carbocycles. The Labute approximate surface area is 121 Å². The lowest BCUT2D eigenvalue weighted by molar-refractivity contribution is 0.0517. The van der Waals surface area contributed by atoms with Gasteiger partial charge in [-0.25, -0.2) is 0 Å². The van der Waals surface area contributed by atoms with Gasteiger partial charge in [-0.2, -0.15) is 0 Å². The molecule has 2 atom stereocenters. The summed E-state index contributed by atoms with van der Waals surface area (Å²) in [5.41, 5.74) is 6.42. The predicted octanol–water partition coefficient (Wildman–Crippen LogP) is 2.13. The maximum absolute atomic E-state index is 10.1. The van der Waals surface area contributed by atoms with Crippen molar-refractivity contribution < 1.29 is 9.84 Å². The minimum absolute atomic E-state index is 0.293. The first-order valence-corrected chi connectivity index (χ1v) is 7.56. The molecule has 1 aromatic rings. The zero-order valence-electron chi connectivity index (χ0n) is 12.3. The number of aliphatic hydroxyl groups is 1. The highest BCUT2D eigenvalue weighted by Crippen LogP contribution is 2.21. The lowest BCUT2D eigenvalue weighted by atomic mass is 9.95. The van der Waals surface area contributed by atoms with Gasteiger partial charge in [0.2, 0.25) is 0 Å². The van der Waals surface area contributed by atoms with E-state index in [1.54, 1.807) is 6.07 Å². The molecular formula is C16H26N2O2. The van der Waals surface area contributed by atoms with Gasteiger partial charge in [0.05, 0.1) is 5.69 Å². The summed E-state index contributed by atoms with van der Waals surface area (Å²) in [6.07, 6.45) is 3.31. The van der Waals surface area contributed by atoms with Crippen LogP contribution < -0.4 is 10.5 Å². The summed E-state index contributed by atoms with van der Waals surface area (Å²) < 4.78 is 5.59. The second-order valence-corrected chi connectivity index (χ2v) is 5.68. The zero-order chi connectivity index (χ0) is 14.4. The molecule has 0 saturated carbocycles. The van der Waals surface area contributed by atoms with Crippen molar-refractivity contribution in [2.45, 2.75) is 32.3 Å². The molecule has 1 heterocycles. The number of benzene rings is 1. The van der Waals surface area contributed by atoms with Crippen LogP contribution in [0.25, 0.3) is 0 Å². The van der Waals surface area contributed by atoms with Crippen molar-refractivity contribution in [3.63, 3.8) is 0 Å². The molecule has 0 radical (unpaired) electrons. The first kappa shape index (κ1) is 15.1. The predicted molar refractivity (Wildman–Crippen MR) is 81.8 cm³/mol. The van der Waals surface area contributed by atoms with Gasteiger partial charge >= 0.3 is 0 Å². The summed E-state index contributed by atoms with van der Waals surface area (Å²) >= 11 is 0. The minimum Gasteiger partial charge on any atom is -0.489 e. The van der Waals surface area contributed by atoms with Crippen LogP contribution in [-0.4, -0.2) is 42.4 Å². The minimum atomic E-state index is -0.467. The fraction of sp³-hybridized carbons (Fsp3) is 0.625. The van der Waals surface area contributed by atoms with Crippen LogP contribution in [0.4, 0.5) is 5.69 Å². The molecular weight excluding hydrogens is 252 g/mol. The van der Waals surface area contributed by atoms with E-state index in [2.05, 4.69) is 11.8 Å². The molecule has 112 valence electrons. The summed E-state index contributed by atoms with van der Waals surface area (Å²) in [6.45, 7) is 5.40. The lowest BCUT2D eigenvalue weighted by Crippen LogP contribution is -2.41. The number of likely N-dealkylation sites (tertiary alicyclic amines) is 1. The van der Waals surface area contributed by atoms with Crippen molar-refractivity contribution in [2.24, 2.45) is 5.92 Å². The fourth-order valence-corrected chi connectivity index (χ4v) is 2.80. The van der Waals surface area contributed by atoms with E-state index in [1.807, 2.05) is 18.2 Å². The van der Waals surface area contributed by atoms with Gasteiger partial charge < -0.3 is 20.5 Å². The molecule has 1 aliphatic rings. The Kier molecular flexibility index (Phi) is 5.68. The Morgan fingerprint density at radius 3 is 3.00 bits per heavy atom. The van der Waals surface area contributed by atoms with Gasteiger partial charge in [0, 0.05) is 13.1 Å². The fourth-order valence-electron chi connectivity index (χ4n) is 2.80. The lowest BCUT2D eigenvalue weighted by Gasteiger charge is -2.33. The monoisotopic (exact) mass is 278 g/mol. The van der Waals surface area contributed by atoms with Crippen LogP contribution >= 0.6 is 0 Å². The number of hydrogen-bond donors (Lipinski definition) is 2. The Hall–Kier alpha value is -1.26. The topological polar surface area (TPSA) is 58.7 Å². The van der Waals surface area contributed by atoms with Crippen molar-refractivity contribution in [1.82, 2.24) is 4.90 Å². The molecule has 1 fully saturated rings. The van der Waals surface area contributed by atoms with Crippen LogP contribution in [0.5, 0.6) is 5.75 Å². The molecule has 0 amide bonds. The van der Waals surface area contributed by atoms with Gasteiger partial charge in [-0.1, -0.05) is 25.5 Å². The molecule has 1 saturated heterocycles. The quantitative estimate of drug-likeness (QED) is 0.783. The van der Waals surface area contributed by atoms with E-state index >= 15 is 0 Å². The maximum atomic E-state index is 10.1. The summed E-state index contributed by atoms with van der Waals surface area (Å²) in [6, 6.07) is 7.39. The first-order chi connectivity index (χ1) is 9.69. The van der Waals surface area contributed by atoms with Gasteiger partial charge in [0.1, 0.15) is 18.5 Å². The number of nitrogen functional groups attached to an aromatic ring is 1. The molecule has 0 aliphatic carbocycles. The summed E-state index contributed by atoms with van der Waals surface area (Å²) in [5, 5.41) is 10.1. The highest BCUT2D eigenvalue weighted by atomic mass is 16.5. The average Bonchev–Trinajstić information content (AvgIpc) is 2.46. The first-order valence-electron chi connectivity index (χ1n) is 7.56. The number of nitrogens with two attached hydrogens (primary N) is 1. The van der Waals surface area contributed by atoms with Gasteiger partial charge in [-0.15, -0.1) is 0 Å². The molecule has 4 nitrogen and oxygen atoms in total. The van der Waals surface area contributed by atoms with Crippen LogP contribution in [0.15, 0.2) is 24.3 Å². The van der Waals surface area contributed by atoms with E-state index in [9.17, 15) is 5.11 Å².